The van der Waals surface area contributed by atoms with Gasteiger partial charge in [-0.3, -0.25) is 0 Å². The summed E-state index contributed by atoms with van der Waals surface area (Å²) in [6.07, 6.45) is 1.16. The van der Waals surface area contributed by atoms with Crippen LogP contribution >= 0.6 is 11.3 Å². The Labute approximate surface area is 165 Å². The van der Waals surface area contributed by atoms with Gasteiger partial charge in [0, 0.05) is 13.1 Å². The molecule has 0 aliphatic rings. The van der Waals surface area contributed by atoms with Gasteiger partial charge in [-0.05, 0) is 29.1 Å². The van der Waals surface area contributed by atoms with Gasteiger partial charge in [0.05, 0.1) is 16.5 Å². The molecule has 0 atom stereocenters. The zero-order valence-electron chi connectivity index (χ0n) is 14.9. The van der Waals surface area contributed by atoms with Crippen LogP contribution in [0.5, 0.6) is 0 Å². The SMILES string of the molecule is O=C(NCCNc1nc(-c2ccco2)c2sccc2n1)OCc1ccccc1. The first-order valence-electron chi connectivity index (χ1n) is 8.77. The van der Waals surface area contributed by atoms with Gasteiger partial charge in [-0.15, -0.1) is 11.3 Å². The van der Waals surface area contributed by atoms with Gasteiger partial charge in [-0.1, -0.05) is 30.3 Å². The topological polar surface area (TPSA) is 89.3 Å². The van der Waals surface area contributed by atoms with Crippen LogP contribution in [0.2, 0.25) is 0 Å². The molecular weight excluding hydrogens is 376 g/mol. The molecule has 4 aromatic rings. The van der Waals surface area contributed by atoms with Gasteiger partial charge in [0.2, 0.25) is 5.95 Å². The Kier molecular flexibility index (Phi) is 5.48. The molecule has 7 nitrogen and oxygen atoms in total. The summed E-state index contributed by atoms with van der Waals surface area (Å²) in [4.78, 5) is 20.8. The predicted octanol–water partition coefficient (Wildman–Crippen LogP) is 4.29. The lowest BCUT2D eigenvalue weighted by molar-refractivity contribution is 0.140. The van der Waals surface area contributed by atoms with Crippen molar-refractivity contribution in [3.05, 3.63) is 65.7 Å². The molecule has 0 radical (unpaired) electrons. The minimum absolute atomic E-state index is 0.241. The summed E-state index contributed by atoms with van der Waals surface area (Å²) in [6.45, 7) is 1.09. The number of anilines is 1. The molecule has 0 spiro atoms. The Bertz CT molecular complexity index is 1050. The van der Waals surface area contributed by atoms with Gasteiger partial charge < -0.3 is 19.8 Å². The molecule has 0 saturated heterocycles. The standard InChI is InChI=1S/C20H18N4O3S/c25-20(27-13-14-5-2-1-3-6-14)22-10-9-21-19-23-15-8-12-28-18(15)17(24-19)16-7-4-11-26-16/h1-8,11-12H,9-10,13H2,(H,22,25)(H,21,23,24). The number of alkyl carbamates (subject to hydrolysis) is 1. The summed E-state index contributed by atoms with van der Waals surface area (Å²) < 4.78 is 11.6. The fourth-order valence-electron chi connectivity index (χ4n) is 2.64. The van der Waals surface area contributed by atoms with Crippen LogP contribution in [-0.4, -0.2) is 29.2 Å². The third kappa shape index (κ3) is 4.29. The first kappa shape index (κ1) is 18.0. The highest BCUT2D eigenvalue weighted by molar-refractivity contribution is 7.17. The van der Waals surface area contributed by atoms with Crippen LogP contribution < -0.4 is 10.6 Å². The van der Waals surface area contributed by atoms with Crippen molar-refractivity contribution >= 4 is 33.6 Å². The average Bonchev–Trinajstić information content (AvgIpc) is 3.41. The van der Waals surface area contributed by atoms with Crippen molar-refractivity contribution in [2.24, 2.45) is 0 Å². The molecule has 3 aromatic heterocycles. The number of carbonyl (C=O) groups is 1. The maximum Gasteiger partial charge on any atom is 0.407 e. The average molecular weight is 394 g/mol. The van der Waals surface area contributed by atoms with E-state index in [0.717, 1.165) is 21.5 Å². The number of ether oxygens (including phenoxy) is 1. The molecule has 0 saturated carbocycles. The van der Waals surface area contributed by atoms with Crippen LogP contribution in [-0.2, 0) is 11.3 Å². The molecular formula is C20H18N4O3S. The molecule has 142 valence electrons. The number of hydrogen-bond donors (Lipinski definition) is 2. The highest BCUT2D eigenvalue weighted by atomic mass is 32.1. The van der Waals surface area contributed by atoms with E-state index in [1.165, 1.54) is 0 Å². The zero-order valence-corrected chi connectivity index (χ0v) is 15.7. The van der Waals surface area contributed by atoms with E-state index in [-0.39, 0.29) is 6.61 Å². The number of nitrogens with zero attached hydrogens (tertiary/aromatic N) is 2. The number of fused-ring (bicyclic) bond motifs is 1. The second-order valence-corrected chi connectivity index (χ2v) is 6.84. The first-order valence-corrected chi connectivity index (χ1v) is 9.65. The van der Waals surface area contributed by atoms with Gasteiger partial charge in [0.15, 0.2) is 5.76 Å². The number of benzene rings is 1. The zero-order chi connectivity index (χ0) is 19.2. The molecule has 2 N–H and O–H groups in total. The van der Waals surface area contributed by atoms with E-state index in [0.29, 0.717) is 24.8 Å². The molecule has 0 fully saturated rings. The second kappa shape index (κ2) is 8.53. The molecule has 8 heteroatoms. The lowest BCUT2D eigenvalue weighted by Crippen LogP contribution is -2.29. The van der Waals surface area contributed by atoms with Crippen molar-refractivity contribution in [2.75, 3.05) is 18.4 Å². The van der Waals surface area contributed by atoms with E-state index in [1.807, 2.05) is 53.9 Å². The molecule has 4 rings (SSSR count). The van der Waals surface area contributed by atoms with Crippen molar-refractivity contribution in [3.63, 3.8) is 0 Å². The summed E-state index contributed by atoms with van der Waals surface area (Å²) in [5.74, 6) is 1.18. The van der Waals surface area contributed by atoms with Crippen molar-refractivity contribution in [1.82, 2.24) is 15.3 Å². The van der Waals surface area contributed by atoms with Crippen LogP contribution in [0.3, 0.4) is 0 Å². The lowest BCUT2D eigenvalue weighted by atomic mass is 10.2. The Hall–Kier alpha value is -3.39. The van der Waals surface area contributed by atoms with Gasteiger partial charge in [-0.25, -0.2) is 14.8 Å². The first-order chi connectivity index (χ1) is 13.8. The van der Waals surface area contributed by atoms with Crippen LogP contribution in [0.15, 0.2) is 64.6 Å². The molecule has 3 heterocycles. The van der Waals surface area contributed by atoms with E-state index in [9.17, 15) is 4.79 Å². The summed E-state index contributed by atoms with van der Waals surface area (Å²) in [5, 5.41) is 7.80. The summed E-state index contributed by atoms with van der Waals surface area (Å²) in [7, 11) is 0. The Balaban J connectivity index is 1.30. The van der Waals surface area contributed by atoms with Crippen LogP contribution in [0.4, 0.5) is 10.7 Å². The highest BCUT2D eigenvalue weighted by Gasteiger charge is 2.13. The maximum absolute atomic E-state index is 11.8. The summed E-state index contributed by atoms with van der Waals surface area (Å²) in [6, 6.07) is 15.2. The molecule has 0 aliphatic heterocycles. The molecule has 0 aliphatic carbocycles. The van der Waals surface area contributed by atoms with E-state index in [2.05, 4.69) is 20.6 Å². The number of nitrogens with one attached hydrogen (secondary N) is 2. The van der Waals surface area contributed by atoms with Crippen LogP contribution in [0.1, 0.15) is 5.56 Å². The number of thiophene rings is 1. The summed E-state index contributed by atoms with van der Waals surface area (Å²) in [5.41, 5.74) is 2.55. The van der Waals surface area contributed by atoms with Crippen molar-refractivity contribution in [1.29, 1.82) is 0 Å². The van der Waals surface area contributed by atoms with Crippen LogP contribution in [0.25, 0.3) is 21.7 Å². The van der Waals surface area contributed by atoms with Crippen molar-refractivity contribution < 1.29 is 13.9 Å². The van der Waals surface area contributed by atoms with E-state index in [1.54, 1.807) is 17.6 Å². The third-order valence-electron chi connectivity index (χ3n) is 3.95. The normalized spacial score (nSPS) is 10.7. The molecule has 0 bridgehead atoms. The lowest BCUT2D eigenvalue weighted by Gasteiger charge is -2.09. The Morgan fingerprint density at radius 3 is 2.79 bits per heavy atom. The number of furan rings is 1. The highest BCUT2D eigenvalue weighted by Crippen LogP contribution is 2.31. The van der Waals surface area contributed by atoms with Gasteiger partial charge >= 0.3 is 6.09 Å². The fraction of sp³-hybridized carbons (Fsp3) is 0.150. The Morgan fingerprint density at radius 2 is 1.96 bits per heavy atom. The number of hydrogen-bond acceptors (Lipinski definition) is 7. The monoisotopic (exact) mass is 394 g/mol. The molecule has 28 heavy (non-hydrogen) atoms. The number of rotatable bonds is 7. The third-order valence-corrected chi connectivity index (χ3v) is 4.86. The van der Waals surface area contributed by atoms with Gasteiger partial charge in [0.1, 0.15) is 12.3 Å². The smallest absolute Gasteiger partial charge is 0.407 e. The van der Waals surface area contributed by atoms with E-state index in [4.69, 9.17) is 9.15 Å². The van der Waals surface area contributed by atoms with Gasteiger partial charge in [-0.2, -0.15) is 0 Å². The van der Waals surface area contributed by atoms with E-state index >= 15 is 0 Å². The van der Waals surface area contributed by atoms with E-state index < -0.39 is 6.09 Å². The largest absolute Gasteiger partial charge is 0.463 e. The molecule has 1 aromatic carbocycles. The van der Waals surface area contributed by atoms with Crippen molar-refractivity contribution in [3.8, 4) is 11.5 Å². The fourth-order valence-corrected chi connectivity index (χ4v) is 3.46. The second-order valence-electron chi connectivity index (χ2n) is 5.92. The minimum Gasteiger partial charge on any atom is -0.463 e. The molecule has 0 unspecified atom stereocenters. The van der Waals surface area contributed by atoms with Crippen LogP contribution in [0, 0.1) is 0 Å². The summed E-state index contributed by atoms with van der Waals surface area (Å²) >= 11 is 1.57. The molecule has 1 amide bonds. The number of amides is 1. The quantitative estimate of drug-likeness (QED) is 0.455. The maximum atomic E-state index is 11.8. The van der Waals surface area contributed by atoms with Crippen molar-refractivity contribution in [2.45, 2.75) is 6.61 Å². The number of aromatic nitrogens is 2. The number of carbonyl (C=O) groups excluding carboxylic acids is 1. The van der Waals surface area contributed by atoms with Gasteiger partial charge in [0.25, 0.3) is 0 Å². The minimum atomic E-state index is -0.462. The predicted molar refractivity (Wildman–Crippen MR) is 108 cm³/mol. The Morgan fingerprint density at radius 1 is 1.07 bits per heavy atom.